The van der Waals surface area contributed by atoms with Crippen LogP contribution in [0.2, 0.25) is 0 Å². The second-order valence-corrected chi connectivity index (χ2v) is 10.7. The summed E-state index contributed by atoms with van der Waals surface area (Å²) in [5, 5.41) is 14.7. The molecule has 0 saturated heterocycles. The Morgan fingerprint density at radius 1 is 0.629 bits per heavy atom. The summed E-state index contributed by atoms with van der Waals surface area (Å²) in [7, 11) is 0. The van der Waals surface area contributed by atoms with Gasteiger partial charge in [0, 0.05) is 18.0 Å². The molecule has 0 aliphatic heterocycles. The summed E-state index contributed by atoms with van der Waals surface area (Å²) in [6.07, 6.45) is 22.0. The van der Waals surface area contributed by atoms with E-state index in [2.05, 4.69) is 17.6 Å². The van der Waals surface area contributed by atoms with Crippen molar-refractivity contribution in [1.29, 1.82) is 0 Å². The summed E-state index contributed by atoms with van der Waals surface area (Å²) < 4.78 is 0. The van der Waals surface area contributed by atoms with Crippen LogP contribution in [0.5, 0.6) is 5.75 Å². The predicted octanol–water partition coefficient (Wildman–Crippen LogP) is 7.37. The molecule has 0 aromatic heterocycles. The van der Waals surface area contributed by atoms with E-state index in [1.807, 2.05) is 12.1 Å². The molecule has 0 aliphatic rings. The maximum atomic E-state index is 11.9. The maximum Gasteiger partial charge on any atom is 0.309 e. The van der Waals surface area contributed by atoms with E-state index in [4.69, 9.17) is 0 Å². The molecule has 0 radical (unpaired) electrons. The Bertz CT molecular complexity index is 652. The van der Waals surface area contributed by atoms with Crippen molar-refractivity contribution in [3.8, 4) is 5.75 Å². The first kappa shape index (κ1) is 31.3. The molecular weight excluding hydrogens is 456 g/mol. The lowest BCUT2D eigenvalue weighted by Crippen LogP contribution is -2.40. The molecule has 0 atom stereocenters. The molecule has 0 saturated carbocycles. The molecule has 6 heteroatoms. The zero-order valence-electron chi connectivity index (χ0n) is 22.1. The van der Waals surface area contributed by atoms with Crippen molar-refractivity contribution in [3.05, 3.63) is 24.3 Å². The molecule has 3 N–H and O–H groups in total. The molecule has 0 fully saturated rings. The van der Waals surface area contributed by atoms with Crippen LogP contribution in [0.15, 0.2) is 29.2 Å². The number of phenols is 1. The van der Waals surface area contributed by atoms with Crippen molar-refractivity contribution in [2.75, 3.05) is 18.8 Å². The normalized spacial score (nSPS) is 10.9. The van der Waals surface area contributed by atoms with Crippen molar-refractivity contribution in [2.45, 2.75) is 121 Å². The number of nitrogens with one attached hydrogen (secondary N) is 2. The van der Waals surface area contributed by atoms with E-state index in [9.17, 15) is 14.7 Å². The van der Waals surface area contributed by atoms with Gasteiger partial charge in [0.2, 0.25) is 0 Å². The molecule has 1 rings (SSSR count). The number of hydrogen-bond acceptors (Lipinski definition) is 4. The second-order valence-electron chi connectivity index (χ2n) is 9.51. The van der Waals surface area contributed by atoms with Gasteiger partial charge < -0.3 is 15.7 Å². The van der Waals surface area contributed by atoms with Crippen LogP contribution >= 0.6 is 11.8 Å². The van der Waals surface area contributed by atoms with E-state index in [1.54, 1.807) is 23.9 Å². The monoisotopic (exact) mass is 506 g/mol. The first-order chi connectivity index (χ1) is 17.1. The van der Waals surface area contributed by atoms with Gasteiger partial charge in [-0.15, -0.1) is 11.8 Å². The predicted molar refractivity (Wildman–Crippen MR) is 149 cm³/mol. The molecule has 0 aliphatic carbocycles. The third-order valence-corrected chi connectivity index (χ3v) is 7.33. The third-order valence-electron chi connectivity index (χ3n) is 6.23. The average molecular weight is 507 g/mol. The van der Waals surface area contributed by atoms with Gasteiger partial charge in [-0.2, -0.15) is 0 Å². The van der Waals surface area contributed by atoms with Crippen molar-refractivity contribution in [1.82, 2.24) is 10.6 Å². The topological polar surface area (TPSA) is 78.4 Å². The average Bonchev–Trinajstić information content (AvgIpc) is 2.86. The van der Waals surface area contributed by atoms with Crippen LogP contribution in [-0.4, -0.2) is 35.8 Å². The Morgan fingerprint density at radius 3 is 1.49 bits per heavy atom. The maximum absolute atomic E-state index is 11.9. The number of benzene rings is 1. The highest BCUT2D eigenvalue weighted by Crippen LogP contribution is 2.21. The molecule has 5 nitrogen and oxygen atoms in total. The van der Waals surface area contributed by atoms with E-state index in [0.29, 0.717) is 13.1 Å². The number of carbonyl (C=O) groups excluding carboxylic acids is 2. The van der Waals surface area contributed by atoms with Gasteiger partial charge in [-0.05, 0) is 42.9 Å². The van der Waals surface area contributed by atoms with Crippen LogP contribution in [0.3, 0.4) is 0 Å². The fraction of sp³-hybridized carbons (Fsp3) is 0.724. The van der Waals surface area contributed by atoms with Gasteiger partial charge in [-0.1, -0.05) is 103 Å². The van der Waals surface area contributed by atoms with Gasteiger partial charge in [-0.25, -0.2) is 0 Å². The van der Waals surface area contributed by atoms with Crippen molar-refractivity contribution >= 4 is 23.6 Å². The highest BCUT2D eigenvalue weighted by atomic mass is 32.2. The van der Waals surface area contributed by atoms with Crippen molar-refractivity contribution < 1.29 is 14.7 Å². The van der Waals surface area contributed by atoms with Crippen LogP contribution in [0.25, 0.3) is 0 Å². The van der Waals surface area contributed by atoms with E-state index in [-0.39, 0.29) is 5.75 Å². The van der Waals surface area contributed by atoms with Crippen LogP contribution in [-0.2, 0) is 9.59 Å². The van der Waals surface area contributed by atoms with E-state index in [0.717, 1.165) is 29.9 Å². The number of phenolic OH excluding ortho intramolecular Hbond substituents is 1. The summed E-state index contributed by atoms with van der Waals surface area (Å²) in [6, 6.07) is 7.05. The smallest absolute Gasteiger partial charge is 0.309 e. The molecule has 1 aromatic rings. The molecular formula is C29H50N2O3S. The number of thioether (sulfide) groups is 1. The molecule has 0 spiro atoms. The zero-order chi connectivity index (χ0) is 25.4. The van der Waals surface area contributed by atoms with Gasteiger partial charge in [0.1, 0.15) is 5.75 Å². The molecule has 2 amide bonds. The fourth-order valence-corrected chi connectivity index (χ4v) is 4.89. The Balaban J connectivity index is 1.81. The SMILES string of the molecule is CCCCCCCCCCCCCCCCCCNC(=O)C(=O)NCCCSc1ccc(O)cc1. The molecule has 35 heavy (non-hydrogen) atoms. The van der Waals surface area contributed by atoms with Gasteiger partial charge in [0.05, 0.1) is 0 Å². The van der Waals surface area contributed by atoms with E-state index in [1.165, 1.54) is 89.9 Å². The van der Waals surface area contributed by atoms with Gasteiger partial charge in [-0.3, -0.25) is 9.59 Å². The Morgan fingerprint density at radius 2 is 1.03 bits per heavy atom. The number of rotatable bonds is 22. The van der Waals surface area contributed by atoms with Crippen LogP contribution in [0.1, 0.15) is 116 Å². The molecule has 0 unspecified atom stereocenters. The van der Waals surface area contributed by atoms with Crippen LogP contribution in [0.4, 0.5) is 0 Å². The lowest BCUT2D eigenvalue weighted by atomic mass is 10.0. The number of amides is 2. The summed E-state index contributed by atoms with van der Waals surface area (Å²) in [5.41, 5.74) is 0. The second kappa shape index (κ2) is 22.8. The standard InChI is InChI=1S/C29H50N2O3S/c1-2-3-4-5-6-7-8-9-10-11-12-13-14-15-16-17-23-30-28(33)29(34)31-24-18-25-35-27-21-19-26(32)20-22-27/h19-22,32H,2-18,23-25H2,1H3,(H,30,33)(H,31,34). The van der Waals surface area contributed by atoms with E-state index >= 15 is 0 Å². The molecule has 200 valence electrons. The van der Waals surface area contributed by atoms with E-state index < -0.39 is 11.8 Å². The summed E-state index contributed by atoms with van der Waals surface area (Å²) in [6.45, 7) is 3.33. The number of unbranched alkanes of at least 4 members (excludes halogenated alkanes) is 15. The zero-order valence-corrected chi connectivity index (χ0v) is 22.9. The van der Waals surface area contributed by atoms with Crippen molar-refractivity contribution in [2.24, 2.45) is 0 Å². The first-order valence-electron chi connectivity index (χ1n) is 14.1. The van der Waals surface area contributed by atoms with Crippen LogP contribution < -0.4 is 10.6 Å². The largest absolute Gasteiger partial charge is 0.508 e. The minimum Gasteiger partial charge on any atom is -0.508 e. The first-order valence-corrected chi connectivity index (χ1v) is 15.1. The minimum absolute atomic E-state index is 0.257. The van der Waals surface area contributed by atoms with Gasteiger partial charge in [0.25, 0.3) is 0 Å². The number of carbonyl (C=O) groups is 2. The van der Waals surface area contributed by atoms with Gasteiger partial charge in [0.15, 0.2) is 0 Å². The summed E-state index contributed by atoms with van der Waals surface area (Å²) >= 11 is 1.66. The summed E-state index contributed by atoms with van der Waals surface area (Å²) in [5.74, 6) is 0.0202. The Kier molecular flexibility index (Phi) is 20.4. The van der Waals surface area contributed by atoms with Crippen LogP contribution in [0, 0.1) is 0 Å². The summed E-state index contributed by atoms with van der Waals surface area (Å²) in [4.78, 5) is 24.8. The molecule has 0 bridgehead atoms. The minimum atomic E-state index is -0.545. The Labute approximate surface area is 218 Å². The number of aromatic hydroxyl groups is 1. The lowest BCUT2D eigenvalue weighted by Gasteiger charge is -2.07. The van der Waals surface area contributed by atoms with Gasteiger partial charge >= 0.3 is 11.8 Å². The highest BCUT2D eigenvalue weighted by molar-refractivity contribution is 7.99. The van der Waals surface area contributed by atoms with Crippen molar-refractivity contribution in [3.63, 3.8) is 0 Å². The third kappa shape index (κ3) is 19.2. The molecule has 1 aromatic carbocycles. The fourth-order valence-electron chi connectivity index (χ4n) is 4.04. The molecule has 0 heterocycles. The highest BCUT2D eigenvalue weighted by Gasteiger charge is 2.11. The number of hydrogen-bond donors (Lipinski definition) is 3. The lowest BCUT2D eigenvalue weighted by molar-refractivity contribution is -0.139. The quantitative estimate of drug-likeness (QED) is 0.0871. The Hall–Kier alpha value is -1.69.